The maximum Gasteiger partial charge on any atom is 0.226 e. The van der Waals surface area contributed by atoms with Crippen molar-refractivity contribution in [2.75, 3.05) is 17.9 Å². The minimum absolute atomic E-state index is 0.123. The minimum Gasteiger partial charge on any atom is -0.392 e. The van der Waals surface area contributed by atoms with Gasteiger partial charge in [-0.25, -0.2) is 21.6 Å². The van der Waals surface area contributed by atoms with Crippen LogP contribution in [0.4, 0.5) is 0 Å². The molecular weight excluding hydrogens is 266 g/mol. The summed E-state index contributed by atoms with van der Waals surface area (Å²) < 4.78 is 46.4. The lowest BCUT2D eigenvalue weighted by Gasteiger charge is -2.22. The van der Waals surface area contributed by atoms with Gasteiger partial charge in [-0.1, -0.05) is 20.8 Å². The normalized spacial score (nSPS) is 15.8. The molecule has 0 aromatic carbocycles. The third-order valence-corrected chi connectivity index (χ3v) is 5.32. The zero-order chi connectivity index (χ0) is 13.9. The quantitative estimate of drug-likeness (QED) is 0.699. The minimum atomic E-state index is -3.89. The van der Waals surface area contributed by atoms with Gasteiger partial charge >= 0.3 is 0 Å². The van der Waals surface area contributed by atoms with E-state index in [0.29, 0.717) is 6.42 Å². The predicted molar refractivity (Wildman–Crippen MR) is 66.7 cm³/mol. The number of rotatable bonds is 6. The molecule has 0 spiro atoms. The van der Waals surface area contributed by atoms with Gasteiger partial charge in [0.1, 0.15) is 0 Å². The molecule has 0 aliphatic carbocycles. The molecule has 0 amide bonds. The molecule has 17 heavy (non-hydrogen) atoms. The summed E-state index contributed by atoms with van der Waals surface area (Å²) in [6.07, 6.45) is 0.441. The maximum absolute atomic E-state index is 11.3. The summed E-state index contributed by atoms with van der Waals surface area (Å²) in [6, 6.07) is 0. The first-order valence-corrected chi connectivity index (χ1v) is 8.85. The lowest BCUT2D eigenvalue weighted by atomic mass is 9.89. The zero-order valence-electron chi connectivity index (χ0n) is 10.6. The lowest BCUT2D eigenvalue weighted by molar-refractivity contribution is 0.125. The fraction of sp³-hybridized carbons (Fsp3) is 1.00. The van der Waals surface area contributed by atoms with Gasteiger partial charge in [-0.2, -0.15) is 0 Å². The second kappa shape index (κ2) is 5.64. The van der Waals surface area contributed by atoms with Crippen LogP contribution in [-0.2, 0) is 19.9 Å². The van der Waals surface area contributed by atoms with Crippen LogP contribution in [-0.4, -0.2) is 45.9 Å². The highest BCUT2D eigenvalue weighted by atomic mass is 32.3. The van der Waals surface area contributed by atoms with Crippen molar-refractivity contribution < 1.29 is 21.9 Å². The fourth-order valence-corrected chi connectivity index (χ4v) is 4.36. The smallest absolute Gasteiger partial charge is 0.226 e. The zero-order valence-corrected chi connectivity index (χ0v) is 12.2. The molecule has 0 aromatic rings. The molecular formula is C9H21NO5S2. The van der Waals surface area contributed by atoms with Crippen LogP contribution in [0, 0.1) is 5.41 Å². The first-order chi connectivity index (χ1) is 7.31. The van der Waals surface area contributed by atoms with Crippen LogP contribution >= 0.6 is 0 Å². The number of aliphatic hydroxyl groups is 1. The molecule has 6 nitrogen and oxygen atoms in total. The molecule has 0 saturated heterocycles. The van der Waals surface area contributed by atoms with E-state index in [1.807, 2.05) is 20.8 Å². The highest BCUT2D eigenvalue weighted by Gasteiger charge is 2.21. The molecule has 0 aromatic heterocycles. The maximum atomic E-state index is 11.3. The van der Waals surface area contributed by atoms with E-state index in [2.05, 4.69) is 4.72 Å². The van der Waals surface area contributed by atoms with Crippen LogP contribution in [0.25, 0.3) is 0 Å². The molecule has 0 rings (SSSR count). The van der Waals surface area contributed by atoms with Crippen LogP contribution in [0.5, 0.6) is 0 Å². The Morgan fingerprint density at radius 3 is 2.00 bits per heavy atom. The van der Waals surface area contributed by atoms with Crippen molar-refractivity contribution in [2.24, 2.45) is 5.41 Å². The van der Waals surface area contributed by atoms with E-state index in [1.165, 1.54) is 0 Å². The Kier molecular flexibility index (Phi) is 5.58. The highest BCUT2D eigenvalue weighted by Crippen LogP contribution is 2.20. The highest BCUT2D eigenvalue weighted by molar-refractivity contribution is 8.06. The molecule has 1 atom stereocenters. The number of aliphatic hydroxyl groups excluding tert-OH is 1. The Labute approximate surface area is 103 Å². The Bertz CT molecular complexity index is 432. The SMILES string of the molecule is CC(C)(C)CC(O)CNS(=O)(=O)CS(C)(=O)=O. The molecule has 0 saturated carbocycles. The Morgan fingerprint density at radius 2 is 1.65 bits per heavy atom. The number of sulfonamides is 1. The van der Waals surface area contributed by atoms with Gasteiger partial charge in [0.2, 0.25) is 10.0 Å². The van der Waals surface area contributed by atoms with Crippen LogP contribution in [0.2, 0.25) is 0 Å². The van der Waals surface area contributed by atoms with Crippen molar-refractivity contribution >= 4 is 19.9 Å². The van der Waals surface area contributed by atoms with Crippen molar-refractivity contribution in [1.29, 1.82) is 0 Å². The summed E-state index contributed by atoms with van der Waals surface area (Å²) >= 11 is 0. The molecule has 8 heteroatoms. The summed E-state index contributed by atoms with van der Waals surface area (Å²) in [5.41, 5.74) is -0.123. The van der Waals surface area contributed by atoms with E-state index in [0.717, 1.165) is 6.26 Å². The van der Waals surface area contributed by atoms with E-state index in [1.54, 1.807) is 0 Å². The summed E-state index contributed by atoms with van der Waals surface area (Å²) in [7, 11) is -7.48. The number of hydrogen-bond acceptors (Lipinski definition) is 5. The van der Waals surface area contributed by atoms with Crippen LogP contribution in [0.3, 0.4) is 0 Å². The monoisotopic (exact) mass is 287 g/mol. The van der Waals surface area contributed by atoms with Gasteiger partial charge in [-0.05, 0) is 11.8 Å². The summed E-state index contributed by atoms with van der Waals surface area (Å²) in [5.74, 6) is 0. The van der Waals surface area contributed by atoms with E-state index < -0.39 is 31.0 Å². The predicted octanol–water partition coefficient (Wildman–Crippen LogP) is -0.295. The summed E-state index contributed by atoms with van der Waals surface area (Å²) in [6.45, 7) is 5.58. The Morgan fingerprint density at radius 1 is 1.18 bits per heavy atom. The molecule has 104 valence electrons. The van der Waals surface area contributed by atoms with Crippen LogP contribution in [0.15, 0.2) is 0 Å². The van der Waals surface area contributed by atoms with E-state index in [-0.39, 0.29) is 12.0 Å². The second-order valence-electron chi connectivity index (χ2n) is 5.43. The van der Waals surface area contributed by atoms with Gasteiger partial charge in [0.25, 0.3) is 0 Å². The molecule has 1 unspecified atom stereocenters. The number of nitrogens with one attached hydrogen (secondary N) is 1. The molecule has 0 heterocycles. The Balaban J connectivity index is 4.30. The average Bonchev–Trinajstić information content (AvgIpc) is 1.92. The van der Waals surface area contributed by atoms with Crippen molar-refractivity contribution in [3.8, 4) is 0 Å². The summed E-state index contributed by atoms with van der Waals surface area (Å²) in [4.78, 5) is 0. The standard InChI is InChI=1S/C9H21NO5S2/c1-9(2,3)5-8(11)6-10-17(14,15)7-16(4,12)13/h8,10-11H,5-7H2,1-4H3. The first kappa shape index (κ1) is 16.8. The topological polar surface area (TPSA) is 101 Å². The van der Waals surface area contributed by atoms with Gasteiger partial charge in [-0.3, -0.25) is 0 Å². The van der Waals surface area contributed by atoms with Gasteiger partial charge in [-0.15, -0.1) is 0 Å². The molecule has 0 fully saturated rings. The third kappa shape index (κ3) is 10.7. The molecule has 0 bridgehead atoms. The average molecular weight is 287 g/mol. The lowest BCUT2D eigenvalue weighted by Crippen LogP contribution is -2.36. The van der Waals surface area contributed by atoms with E-state index in [9.17, 15) is 21.9 Å². The van der Waals surface area contributed by atoms with Crippen molar-refractivity contribution in [2.45, 2.75) is 33.3 Å². The van der Waals surface area contributed by atoms with Gasteiger partial charge < -0.3 is 5.11 Å². The third-order valence-electron chi connectivity index (χ3n) is 1.76. The molecule has 2 N–H and O–H groups in total. The van der Waals surface area contributed by atoms with Crippen molar-refractivity contribution in [1.82, 2.24) is 4.72 Å². The second-order valence-corrected chi connectivity index (χ2v) is 9.74. The van der Waals surface area contributed by atoms with Gasteiger partial charge in [0.05, 0.1) is 6.10 Å². The van der Waals surface area contributed by atoms with Crippen molar-refractivity contribution in [3.63, 3.8) is 0 Å². The van der Waals surface area contributed by atoms with E-state index >= 15 is 0 Å². The molecule has 0 aliphatic heterocycles. The molecule has 0 aliphatic rings. The van der Waals surface area contributed by atoms with Gasteiger partial charge in [0.15, 0.2) is 14.9 Å². The summed E-state index contributed by atoms with van der Waals surface area (Å²) in [5, 5.41) is 8.61. The van der Waals surface area contributed by atoms with Gasteiger partial charge in [0, 0.05) is 12.8 Å². The molecule has 0 radical (unpaired) electrons. The van der Waals surface area contributed by atoms with E-state index in [4.69, 9.17) is 0 Å². The number of hydrogen-bond donors (Lipinski definition) is 2. The van der Waals surface area contributed by atoms with Crippen molar-refractivity contribution in [3.05, 3.63) is 0 Å². The van der Waals surface area contributed by atoms with Crippen LogP contribution in [0.1, 0.15) is 27.2 Å². The Hall–Kier alpha value is -0.180. The fourth-order valence-electron chi connectivity index (χ4n) is 1.33. The largest absolute Gasteiger partial charge is 0.392 e. The number of sulfone groups is 1. The first-order valence-electron chi connectivity index (χ1n) is 5.14. The van der Waals surface area contributed by atoms with Crippen LogP contribution < -0.4 is 4.72 Å².